The van der Waals surface area contributed by atoms with Crippen molar-refractivity contribution in [3.8, 4) is 11.5 Å². The Hall–Kier alpha value is -3.55. The summed E-state index contributed by atoms with van der Waals surface area (Å²) in [5, 5.41) is 0. The zero-order chi connectivity index (χ0) is 23.0. The van der Waals surface area contributed by atoms with Crippen LogP contribution in [0.1, 0.15) is 16.8 Å². The van der Waals surface area contributed by atoms with Gasteiger partial charge in [0.05, 0.1) is 7.11 Å². The van der Waals surface area contributed by atoms with E-state index in [1.807, 2.05) is 30.3 Å². The van der Waals surface area contributed by atoms with E-state index in [1.165, 1.54) is 7.11 Å². The van der Waals surface area contributed by atoms with E-state index in [2.05, 4.69) is 4.98 Å². The standard InChI is InChI=1S/C24H23F3N2O3/c1-31-22-15-19(10-11-21(22)32-17-18-7-3-2-4-8-18)16-29(23(30)24(25,26)27)14-12-20-9-5-6-13-28-20/h2-11,13,15H,12,14,16-17H2,1H3. The van der Waals surface area contributed by atoms with Gasteiger partial charge >= 0.3 is 12.1 Å². The first-order chi connectivity index (χ1) is 15.4. The average molecular weight is 444 g/mol. The van der Waals surface area contributed by atoms with Crippen molar-refractivity contribution in [3.63, 3.8) is 0 Å². The van der Waals surface area contributed by atoms with Crippen molar-refractivity contribution >= 4 is 5.91 Å². The highest BCUT2D eigenvalue weighted by atomic mass is 19.4. The van der Waals surface area contributed by atoms with Crippen LogP contribution in [0.15, 0.2) is 72.9 Å². The number of hydrogen-bond acceptors (Lipinski definition) is 4. The minimum Gasteiger partial charge on any atom is -0.493 e. The van der Waals surface area contributed by atoms with E-state index in [-0.39, 0.29) is 19.5 Å². The number of ether oxygens (including phenoxy) is 2. The average Bonchev–Trinajstić information content (AvgIpc) is 2.81. The van der Waals surface area contributed by atoms with E-state index in [9.17, 15) is 18.0 Å². The summed E-state index contributed by atoms with van der Waals surface area (Å²) in [5.74, 6) is -1.05. The SMILES string of the molecule is COc1cc(CN(CCc2ccccn2)C(=O)C(F)(F)F)ccc1OCc1ccccc1. The first kappa shape index (κ1) is 23.1. The Labute approximate surface area is 184 Å². The molecule has 0 N–H and O–H groups in total. The van der Waals surface area contributed by atoms with Gasteiger partial charge in [0.1, 0.15) is 6.61 Å². The van der Waals surface area contributed by atoms with Gasteiger partial charge in [0.15, 0.2) is 11.5 Å². The van der Waals surface area contributed by atoms with Gasteiger partial charge in [-0.3, -0.25) is 9.78 Å². The predicted molar refractivity (Wildman–Crippen MR) is 113 cm³/mol. The first-order valence-electron chi connectivity index (χ1n) is 9.96. The van der Waals surface area contributed by atoms with Crippen LogP contribution in [0.2, 0.25) is 0 Å². The number of halogens is 3. The van der Waals surface area contributed by atoms with Crippen LogP contribution >= 0.6 is 0 Å². The molecule has 0 aliphatic rings. The van der Waals surface area contributed by atoms with Gasteiger partial charge < -0.3 is 14.4 Å². The highest BCUT2D eigenvalue weighted by Gasteiger charge is 2.42. The Bertz CT molecular complexity index is 1010. The van der Waals surface area contributed by atoms with Gasteiger partial charge in [0.2, 0.25) is 0 Å². The number of hydrogen-bond donors (Lipinski definition) is 0. The van der Waals surface area contributed by atoms with E-state index < -0.39 is 12.1 Å². The molecule has 0 bridgehead atoms. The number of pyridine rings is 1. The lowest BCUT2D eigenvalue weighted by Gasteiger charge is -2.24. The molecule has 3 aromatic rings. The summed E-state index contributed by atoms with van der Waals surface area (Å²) in [6, 6.07) is 19.6. The molecule has 0 aliphatic heterocycles. The smallest absolute Gasteiger partial charge is 0.471 e. The molecule has 168 valence electrons. The number of carbonyl (C=O) groups excluding carboxylic acids is 1. The van der Waals surface area contributed by atoms with E-state index in [1.54, 1.807) is 42.6 Å². The Morgan fingerprint density at radius 3 is 2.38 bits per heavy atom. The number of amides is 1. The fraction of sp³-hybridized carbons (Fsp3) is 0.250. The van der Waals surface area contributed by atoms with Crippen molar-refractivity contribution in [1.29, 1.82) is 0 Å². The molecule has 0 aliphatic carbocycles. The number of rotatable bonds is 9. The molecular weight excluding hydrogens is 421 g/mol. The Morgan fingerprint density at radius 2 is 1.72 bits per heavy atom. The fourth-order valence-electron chi connectivity index (χ4n) is 3.11. The molecular formula is C24H23F3N2O3. The molecule has 0 saturated carbocycles. The van der Waals surface area contributed by atoms with Gasteiger partial charge in [-0.15, -0.1) is 0 Å². The summed E-state index contributed by atoms with van der Waals surface area (Å²) in [6.45, 7) is -0.0241. The second-order valence-electron chi connectivity index (χ2n) is 7.06. The fourth-order valence-corrected chi connectivity index (χ4v) is 3.11. The van der Waals surface area contributed by atoms with Gasteiger partial charge in [-0.2, -0.15) is 13.2 Å². The first-order valence-corrected chi connectivity index (χ1v) is 9.96. The number of alkyl halides is 3. The number of carbonyl (C=O) groups is 1. The molecule has 3 rings (SSSR count). The summed E-state index contributed by atoms with van der Waals surface area (Å²) in [4.78, 5) is 16.9. The molecule has 0 atom stereocenters. The predicted octanol–water partition coefficient (Wildman–Crippen LogP) is 4.80. The zero-order valence-electron chi connectivity index (χ0n) is 17.5. The van der Waals surface area contributed by atoms with Gasteiger partial charge in [-0.05, 0) is 35.4 Å². The topological polar surface area (TPSA) is 51.7 Å². The number of benzene rings is 2. The highest BCUT2D eigenvalue weighted by Crippen LogP contribution is 2.30. The number of methoxy groups -OCH3 is 1. The van der Waals surface area contributed by atoms with Crippen LogP contribution in [0.5, 0.6) is 11.5 Å². The summed E-state index contributed by atoms with van der Waals surface area (Å²) >= 11 is 0. The maximum atomic E-state index is 13.1. The third-order valence-electron chi connectivity index (χ3n) is 4.73. The Morgan fingerprint density at radius 1 is 0.969 bits per heavy atom. The number of aromatic nitrogens is 1. The van der Waals surface area contributed by atoms with Crippen LogP contribution in [-0.4, -0.2) is 35.6 Å². The monoisotopic (exact) mass is 444 g/mol. The van der Waals surface area contributed by atoms with E-state index in [0.717, 1.165) is 10.5 Å². The zero-order valence-corrected chi connectivity index (χ0v) is 17.5. The summed E-state index contributed by atoms with van der Waals surface area (Å²) in [5.41, 5.74) is 2.07. The summed E-state index contributed by atoms with van der Waals surface area (Å²) < 4.78 is 50.6. The van der Waals surface area contributed by atoms with Gasteiger partial charge in [0.25, 0.3) is 0 Å². The Balaban J connectivity index is 1.73. The third kappa shape index (κ3) is 6.47. The number of nitrogens with zero attached hydrogens (tertiary/aromatic N) is 2. The van der Waals surface area contributed by atoms with Crippen LogP contribution in [-0.2, 0) is 24.4 Å². The maximum absolute atomic E-state index is 13.1. The van der Waals surface area contributed by atoms with Gasteiger partial charge in [-0.25, -0.2) is 0 Å². The minimum absolute atomic E-state index is 0.121. The van der Waals surface area contributed by atoms with Crippen molar-refractivity contribution < 1.29 is 27.4 Å². The van der Waals surface area contributed by atoms with E-state index >= 15 is 0 Å². The van der Waals surface area contributed by atoms with Crippen LogP contribution in [0, 0.1) is 0 Å². The lowest BCUT2D eigenvalue weighted by atomic mass is 10.1. The van der Waals surface area contributed by atoms with Crippen molar-refractivity contribution in [2.24, 2.45) is 0 Å². The lowest BCUT2D eigenvalue weighted by Crippen LogP contribution is -2.41. The molecule has 8 heteroatoms. The van der Waals surface area contributed by atoms with E-state index in [4.69, 9.17) is 9.47 Å². The second kappa shape index (κ2) is 10.7. The molecule has 2 aromatic carbocycles. The van der Waals surface area contributed by atoms with Crippen LogP contribution in [0.3, 0.4) is 0 Å². The Kier molecular flexibility index (Phi) is 7.70. The molecule has 1 heterocycles. The molecule has 32 heavy (non-hydrogen) atoms. The largest absolute Gasteiger partial charge is 0.493 e. The molecule has 0 spiro atoms. The normalized spacial score (nSPS) is 11.1. The molecule has 0 radical (unpaired) electrons. The van der Waals surface area contributed by atoms with Crippen molar-refractivity contribution in [2.75, 3.05) is 13.7 Å². The van der Waals surface area contributed by atoms with Crippen molar-refractivity contribution in [3.05, 3.63) is 89.7 Å². The van der Waals surface area contributed by atoms with Crippen LogP contribution in [0.4, 0.5) is 13.2 Å². The van der Waals surface area contributed by atoms with Crippen molar-refractivity contribution in [1.82, 2.24) is 9.88 Å². The van der Waals surface area contributed by atoms with Crippen LogP contribution in [0.25, 0.3) is 0 Å². The minimum atomic E-state index is -4.97. The molecule has 0 fully saturated rings. The summed E-state index contributed by atoms with van der Waals surface area (Å²) in [6.07, 6.45) is -3.20. The van der Waals surface area contributed by atoms with Crippen molar-refractivity contribution in [2.45, 2.75) is 25.7 Å². The molecule has 0 saturated heterocycles. The summed E-state index contributed by atoms with van der Waals surface area (Å²) in [7, 11) is 1.45. The van der Waals surface area contributed by atoms with Gasteiger partial charge in [0, 0.05) is 31.4 Å². The third-order valence-corrected chi connectivity index (χ3v) is 4.73. The van der Waals surface area contributed by atoms with Gasteiger partial charge in [-0.1, -0.05) is 42.5 Å². The second-order valence-corrected chi connectivity index (χ2v) is 7.06. The van der Waals surface area contributed by atoms with E-state index in [0.29, 0.717) is 29.4 Å². The lowest BCUT2D eigenvalue weighted by molar-refractivity contribution is -0.186. The van der Waals surface area contributed by atoms with Crippen LogP contribution < -0.4 is 9.47 Å². The maximum Gasteiger partial charge on any atom is 0.471 e. The molecule has 1 amide bonds. The molecule has 5 nitrogen and oxygen atoms in total. The molecule has 0 unspecified atom stereocenters. The quantitative estimate of drug-likeness (QED) is 0.476. The molecule has 1 aromatic heterocycles. The highest BCUT2D eigenvalue weighted by molar-refractivity contribution is 5.81.